The van der Waals surface area contributed by atoms with Crippen LogP contribution in [0.2, 0.25) is 0 Å². The fourth-order valence-electron chi connectivity index (χ4n) is 2.98. The van der Waals surface area contributed by atoms with Crippen LogP contribution in [-0.2, 0) is 16.1 Å². The van der Waals surface area contributed by atoms with Gasteiger partial charge in [-0.3, -0.25) is 14.3 Å². The van der Waals surface area contributed by atoms with Gasteiger partial charge in [-0.15, -0.1) is 11.3 Å². The summed E-state index contributed by atoms with van der Waals surface area (Å²) in [4.78, 5) is 34.7. The predicted molar refractivity (Wildman–Crippen MR) is 110 cm³/mol. The lowest BCUT2D eigenvalue weighted by Gasteiger charge is -2.23. The van der Waals surface area contributed by atoms with E-state index in [0.717, 1.165) is 28.4 Å². The van der Waals surface area contributed by atoms with Crippen molar-refractivity contribution >= 4 is 27.5 Å². The summed E-state index contributed by atoms with van der Waals surface area (Å²) in [5.41, 5.74) is 0.788. The lowest BCUT2D eigenvalue weighted by Crippen LogP contribution is -2.36. The average molecular weight is 394 g/mol. The monoisotopic (exact) mass is 393 g/mol. The smallest absolute Gasteiger partial charge is 0.329 e. The zero-order chi connectivity index (χ0) is 20.3. The zero-order valence-electron chi connectivity index (χ0n) is 17.5. The van der Waals surface area contributed by atoms with Crippen LogP contribution in [0.4, 0.5) is 0 Å². The van der Waals surface area contributed by atoms with Gasteiger partial charge in [0.25, 0.3) is 5.56 Å². The highest BCUT2D eigenvalue weighted by Crippen LogP contribution is 2.27. The van der Waals surface area contributed by atoms with Crippen molar-refractivity contribution in [3.05, 3.63) is 26.6 Å². The molecule has 0 bridgehead atoms. The Labute approximate surface area is 165 Å². The van der Waals surface area contributed by atoms with Gasteiger partial charge in [0.05, 0.1) is 18.5 Å². The van der Waals surface area contributed by atoms with Crippen LogP contribution in [0.25, 0.3) is 10.2 Å². The Kier molecular flexibility index (Phi) is 7.17. The van der Waals surface area contributed by atoms with E-state index in [0.29, 0.717) is 24.4 Å². The molecule has 27 heavy (non-hydrogen) atoms. The molecule has 0 saturated carbocycles. The van der Waals surface area contributed by atoms with E-state index in [1.807, 2.05) is 27.7 Å². The number of rotatable bonds is 8. The predicted octanol–water partition coefficient (Wildman–Crippen LogP) is 3.68. The average Bonchev–Trinajstić information content (AvgIpc) is 2.91. The molecule has 0 N–H and O–H groups in total. The molecule has 0 aromatic carbocycles. The number of aromatic nitrogens is 2. The van der Waals surface area contributed by atoms with Crippen molar-refractivity contribution in [2.75, 3.05) is 19.7 Å². The Morgan fingerprint density at radius 2 is 1.85 bits per heavy atom. The van der Waals surface area contributed by atoms with Crippen LogP contribution in [0.1, 0.15) is 56.9 Å². The van der Waals surface area contributed by atoms with Gasteiger partial charge in [0, 0.05) is 4.88 Å². The number of carbonyl (C=O) groups is 1. The van der Waals surface area contributed by atoms with Gasteiger partial charge in [0.15, 0.2) is 0 Å². The number of ether oxygens (including phenoxy) is 1. The second kappa shape index (κ2) is 8.97. The number of esters is 1. The third kappa shape index (κ3) is 4.58. The molecule has 0 spiro atoms. The summed E-state index contributed by atoms with van der Waals surface area (Å²) in [6.07, 6.45) is 0. The van der Waals surface area contributed by atoms with Crippen molar-refractivity contribution in [1.82, 2.24) is 14.5 Å². The normalized spacial score (nSPS) is 12.9. The molecular weight excluding hydrogens is 362 g/mol. The summed E-state index contributed by atoms with van der Waals surface area (Å²) >= 11 is 1.53. The molecule has 2 heterocycles. The standard InChI is InChI=1S/C20H31N3O3S/c1-8-22(9-2)10-16-21-18-17(13(5)15(7)27-18)19(24)23(16)14(6)20(25)26-11-12(3)4/h12,14H,8-11H2,1-7H3. The van der Waals surface area contributed by atoms with Gasteiger partial charge in [0.2, 0.25) is 0 Å². The van der Waals surface area contributed by atoms with Crippen LogP contribution in [0.5, 0.6) is 0 Å². The molecule has 0 saturated heterocycles. The highest BCUT2D eigenvalue weighted by Gasteiger charge is 2.25. The fourth-order valence-corrected chi connectivity index (χ4v) is 4.02. The Balaban J connectivity index is 2.58. The van der Waals surface area contributed by atoms with E-state index in [1.165, 1.54) is 15.9 Å². The Morgan fingerprint density at radius 1 is 1.22 bits per heavy atom. The van der Waals surface area contributed by atoms with Crippen molar-refractivity contribution in [2.24, 2.45) is 5.92 Å². The molecule has 0 aliphatic carbocycles. The van der Waals surface area contributed by atoms with Crippen LogP contribution >= 0.6 is 11.3 Å². The maximum Gasteiger partial charge on any atom is 0.329 e. The number of hydrogen-bond acceptors (Lipinski definition) is 6. The molecular formula is C20H31N3O3S. The number of hydrogen-bond donors (Lipinski definition) is 0. The van der Waals surface area contributed by atoms with E-state index in [-0.39, 0.29) is 11.5 Å². The molecule has 1 unspecified atom stereocenters. The van der Waals surface area contributed by atoms with E-state index in [9.17, 15) is 9.59 Å². The summed E-state index contributed by atoms with van der Waals surface area (Å²) in [5, 5.41) is 0.615. The minimum atomic E-state index is -0.710. The molecule has 1 atom stereocenters. The summed E-state index contributed by atoms with van der Waals surface area (Å²) in [6.45, 7) is 16.3. The first-order chi connectivity index (χ1) is 12.7. The molecule has 0 fully saturated rings. The van der Waals surface area contributed by atoms with E-state index >= 15 is 0 Å². The first kappa shape index (κ1) is 21.6. The fraction of sp³-hybridized carbons (Fsp3) is 0.650. The zero-order valence-corrected chi connectivity index (χ0v) is 18.3. The molecule has 2 aromatic rings. The summed E-state index contributed by atoms with van der Waals surface area (Å²) in [6, 6.07) is -0.710. The molecule has 2 rings (SSSR count). The third-order valence-corrected chi connectivity index (χ3v) is 5.96. The molecule has 0 radical (unpaired) electrons. The number of fused-ring (bicyclic) bond motifs is 1. The van der Waals surface area contributed by atoms with Crippen molar-refractivity contribution in [2.45, 2.75) is 61.1 Å². The lowest BCUT2D eigenvalue weighted by atomic mass is 10.2. The Bertz CT molecular complexity index is 865. The largest absolute Gasteiger partial charge is 0.464 e. The molecule has 0 amide bonds. The van der Waals surface area contributed by atoms with Crippen LogP contribution in [0.15, 0.2) is 4.79 Å². The minimum absolute atomic E-state index is 0.155. The molecule has 7 heteroatoms. The van der Waals surface area contributed by atoms with Crippen LogP contribution in [0.3, 0.4) is 0 Å². The number of thiophene rings is 1. The van der Waals surface area contributed by atoms with Gasteiger partial charge in [-0.1, -0.05) is 27.7 Å². The molecule has 6 nitrogen and oxygen atoms in total. The van der Waals surface area contributed by atoms with Crippen LogP contribution < -0.4 is 5.56 Å². The highest BCUT2D eigenvalue weighted by atomic mass is 32.1. The summed E-state index contributed by atoms with van der Waals surface area (Å²) in [7, 11) is 0. The van der Waals surface area contributed by atoms with Crippen molar-refractivity contribution < 1.29 is 9.53 Å². The number of carbonyl (C=O) groups excluding carboxylic acids is 1. The molecule has 0 aliphatic rings. The third-order valence-electron chi connectivity index (χ3n) is 4.85. The number of aryl methyl sites for hydroxylation is 2. The maximum absolute atomic E-state index is 13.3. The maximum atomic E-state index is 13.3. The minimum Gasteiger partial charge on any atom is -0.464 e. The van der Waals surface area contributed by atoms with Gasteiger partial charge < -0.3 is 4.74 Å². The second-order valence-corrected chi connectivity index (χ2v) is 8.53. The van der Waals surface area contributed by atoms with Gasteiger partial charge >= 0.3 is 5.97 Å². The summed E-state index contributed by atoms with van der Waals surface area (Å²) < 4.78 is 6.93. The van der Waals surface area contributed by atoms with Gasteiger partial charge in [0.1, 0.15) is 16.7 Å². The Morgan fingerprint density at radius 3 is 2.41 bits per heavy atom. The highest BCUT2D eigenvalue weighted by molar-refractivity contribution is 7.18. The van der Waals surface area contributed by atoms with Gasteiger partial charge in [-0.2, -0.15) is 0 Å². The number of nitrogens with zero attached hydrogens (tertiary/aromatic N) is 3. The van der Waals surface area contributed by atoms with Gasteiger partial charge in [-0.25, -0.2) is 9.78 Å². The van der Waals surface area contributed by atoms with E-state index in [4.69, 9.17) is 9.72 Å². The second-order valence-electron chi connectivity index (χ2n) is 7.33. The van der Waals surface area contributed by atoms with Crippen molar-refractivity contribution in [3.63, 3.8) is 0 Å². The SMILES string of the molecule is CCN(CC)Cc1nc2sc(C)c(C)c2c(=O)n1C(C)C(=O)OCC(C)C. The van der Waals surface area contributed by atoms with Gasteiger partial charge in [-0.05, 0) is 45.3 Å². The topological polar surface area (TPSA) is 64.4 Å². The lowest BCUT2D eigenvalue weighted by molar-refractivity contribution is -0.148. The van der Waals surface area contributed by atoms with Crippen LogP contribution in [0, 0.1) is 19.8 Å². The van der Waals surface area contributed by atoms with E-state index in [1.54, 1.807) is 6.92 Å². The summed E-state index contributed by atoms with van der Waals surface area (Å²) in [5.74, 6) is 0.471. The van der Waals surface area contributed by atoms with Crippen molar-refractivity contribution in [1.29, 1.82) is 0 Å². The quantitative estimate of drug-likeness (QED) is 0.640. The molecule has 0 aliphatic heterocycles. The molecule has 2 aromatic heterocycles. The van der Waals surface area contributed by atoms with E-state index < -0.39 is 12.0 Å². The Hall–Kier alpha value is -1.73. The van der Waals surface area contributed by atoms with Crippen LogP contribution in [-0.4, -0.2) is 40.1 Å². The van der Waals surface area contributed by atoms with Crippen molar-refractivity contribution in [3.8, 4) is 0 Å². The first-order valence-corrected chi connectivity index (χ1v) is 10.4. The molecule has 150 valence electrons. The first-order valence-electron chi connectivity index (χ1n) is 9.61. The van der Waals surface area contributed by atoms with E-state index in [2.05, 4.69) is 18.7 Å².